The molecule has 0 radical (unpaired) electrons. The van der Waals surface area contributed by atoms with Gasteiger partial charge in [-0.15, -0.1) is 0 Å². The van der Waals surface area contributed by atoms with Gasteiger partial charge in [-0.1, -0.05) is 43.7 Å². The summed E-state index contributed by atoms with van der Waals surface area (Å²) in [6.45, 7) is 9.98. The average Bonchev–Trinajstić information content (AvgIpc) is 2.49. The highest BCUT2D eigenvalue weighted by atomic mass is 16.5. The molecular weight excluding hydrogens is 258 g/mol. The Morgan fingerprint density at radius 2 is 1.95 bits per heavy atom. The lowest BCUT2D eigenvalue weighted by molar-refractivity contribution is -0.0862. The molecule has 2 aliphatic rings. The molecule has 1 aromatic rings. The van der Waals surface area contributed by atoms with E-state index in [1.165, 1.54) is 30.4 Å². The Hall–Kier alpha value is -0.860. The van der Waals surface area contributed by atoms with E-state index in [-0.39, 0.29) is 0 Å². The second kappa shape index (κ2) is 6.10. The van der Waals surface area contributed by atoms with Crippen LogP contribution in [0.4, 0.5) is 0 Å². The van der Waals surface area contributed by atoms with E-state index in [0.717, 1.165) is 19.7 Å². The normalized spacial score (nSPS) is 33.5. The van der Waals surface area contributed by atoms with Crippen LogP contribution in [0.25, 0.3) is 0 Å². The van der Waals surface area contributed by atoms with Crippen molar-refractivity contribution in [3.63, 3.8) is 0 Å². The summed E-state index contributed by atoms with van der Waals surface area (Å²) in [5.74, 6) is 1.26. The molecule has 2 aliphatic heterocycles. The van der Waals surface area contributed by atoms with Gasteiger partial charge in [0.2, 0.25) is 0 Å². The smallest absolute Gasteiger partial charge is 0.0603 e. The van der Waals surface area contributed by atoms with E-state index in [0.29, 0.717) is 23.4 Å². The fourth-order valence-electron chi connectivity index (χ4n) is 4.19. The Balaban J connectivity index is 1.88. The van der Waals surface area contributed by atoms with Crippen molar-refractivity contribution in [2.24, 2.45) is 11.3 Å². The van der Waals surface area contributed by atoms with Crippen molar-refractivity contribution in [3.05, 3.63) is 35.4 Å². The van der Waals surface area contributed by atoms with Crippen molar-refractivity contribution in [2.75, 3.05) is 19.7 Å². The lowest BCUT2D eigenvalue weighted by Gasteiger charge is -2.50. The number of nitrogens with one attached hydrogen (secondary N) is 1. The molecule has 3 unspecified atom stereocenters. The van der Waals surface area contributed by atoms with Gasteiger partial charge in [0.05, 0.1) is 6.10 Å². The summed E-state index contributed by atoms with van der Waals surface area (Å²) >= 11 is 0. The number of rotatable bonds is 2. The van der Waals surface area contributed by atoms with Gasteiger partial charge in [-0.2, -0.15) is 0 Å². The van der Waals surface area contributed by atoms with Gasteiger partial charge in [-0.3, -0.25) is 0 Å². The molecule has 3 atom stereocenters. The van der Waals surface area contributed by atoms with Gasteiger partial charge < -0.3 is 10.1 Å². The maximum atomic E-state index is 6.05. The van der Waals surface area contributed by atoms with Gasteiger partial charge in [0, 0.05) is 19.1 Å². The Bertz CT molecular complexity index is 463. The van der Waals surface area contributed by atoms with Crippen molar-refractivity contribution in [1.82, 2.24) is 5.32 Å². The zero-order valence-electron chi connectivity index (χ0n) is 13.7. The molecule has 0 aliphatic carbocycles. The van der Waals surface area contributed by atoms with Crippen LogP contribution in [0, 0.1) is 18.3 Å². The second-order valence-electron chi connectivity index (χ2n) is 7.39. The second-order valence-corrected chi connectivity index (χ2v) is 7.39. The number of ether oxygens (including phenoxy) is 1. The van der Waals surface area contributed by atoms with E-state index < -0.39 is 0 Å². The van der Waals surface area contributed by atoms with Crippen LogP contribution in [0.2, 0.25) is 0 Å². The van der Waals surface area contributed by atoms with E-state index in [2.05, 4.69) is 50.4 Å². The van der Waals surface area contributed by atoms with Crippen LogP contribution in [-0.4, -0.2) is 25.8 Å². The van der Waals surface area contributed by atoms with Crippen LogP contribution in [0.5, 0.6) is 0 Å². The van der Waals surface area contributed by atoms with E-state index in [9.17, 15) is 0 Å². The largest absolute Gasteiger partial charge is 0.378 e. The number of piperidine rings is 1. The zero-order valence-corrected chi connectivity index (χ0v) is 13.7. The highest BCUT2D eigenvalue weighted by molar-refractivity contribution is 5.28. The molecule has 1 N–H and O–H groups in total. The summed E-state index contributed by atoms with van der Waals surface area (Å²) in [4.78, 5) is 0. The Kier molecular flexibility index (Phi) is 4.37. The van der Waals surface area contributed by atoms with Crippen molar-refractivity contribution < 1.29 is 4.74 Å². The van der Waals surface area contributed by atoms with Crippen LogP contribution < -0.4 is 5.32 Å². The highest BCUT2D eigenvalue weighted by Gasteiger charge is 2.45. The summed E-state index contributed by atoms with van der Waals surface area (Å²) in [5.41, 5.74) is 3.30. The third-order valence-electron chi connectivity index (χ3n) is 5.65. The van der Waals surface area contributed by atoms with E-state index in [4.69, 9.17) is 4.74 Å². The summed E-state index contributed by atoms with van der Waals surface area (Å²) in [6.07, 6.45) is 4.17. The molecule has 0 bridgehead atoms. The van der Waals surface area contributed by atoms with Crippen molar-refractivity contribution >= 4 is 0 Å². The minimum Gasteiger partial charge on any atom is -0.378 e. The maximum Gasteiger partial charge on any atom is 0.0603 e. The van der Waals surface area contributed by atoms with Crippen LogP contribution >= 0.6 is 0 Å². The number of benzene rings is 1. The third kappa shape index (κ3) is 3.02. The number of aryl methyl sites for hydroxylation is 1. The topological polar surface area (TPSA) is 21.3 Å². The van der Waals surface area contributed by atoms with Crippen molar-refractivity contribution in [3.8, 4) is 0 Å². The van der Waals surface area contributed by atoms with Gasteiger partial charge in [-0.05, 0) is 49.6 Å². The SMILES string of the molecule is Cc1ccc(C2CNCCC23CCOC(C(C)C)C3)cc1. The average molecular weight is 287 g/mol. The first-order chi connectivity index (χ1) is 10.1. The predicted octanol–water partition coefficient (Wildman–Crippen LogP) is 3.89. The van der Waals surface area contributed by atoms with Crippen molar-refractivity contribution in [1.29, 1.82) is 0 Å². The summed E-state index contributed by atoms with van der Waals surface area (Å²) in [7, 11) is 0. The van der Waals surface area contributed by atoms with Crippen LogP contribution in [-0.2, 0) is 4.74 Å². The lowest BCUT2D eigenvalue weighted by Crippen LogP contribution is -2.49. The third-order valence-corrected chi connectivity index (χ3v) is 5.65. The van der Waals surface area contributed by atoms with Gasteiger partial charge in [0.25, 0.3) is 0 Å². The van der Waals surface area contributed by atoms with Crippen LogP contribution in [0.1, 0.15) is 50.2 Å². The van der Waals surface area contributed by atoms with Crippen LogP contribution in [0.3, 0.4) is 0 Å². The van der Waals surface area contributed by atoms with E-state index >= 15 is 0 Å². The molecule has 2 heterocycles. The molecule has 1 spiro atoms. The number of hydrogen-bond acceptors (Lipinski definition) is 2. The predicted molar refractivity (Wildman–Crippen MR) is 87.7 cm³/mol. The Morgan fingerprint density at radius 1 is 1.19 bits per heavy atom. The molecule has 1 aromatic carbocycles. The molecule has 3 rings (SSSR count). The Labute approximate surface area is 129 Å². The fourth-order valence-corrected chi connectivity index (χ4v) is 4.19. The van der Waals surface area contributed by atoms with E-state index in [1.54, 1.807) is 0 Å². The summed E-state index contributed by atoms with van der Waals surface area (Å²) in [5, 5.41) is 3.62. The molecule has 2 heteroatoms. The first kappa shape index (κ1) is 15.1. The molecule has 2 nitrogen and oxygen atoms in total. The molecule has 21 heavy (non-hydrogen) atoms. The van der Waals surface area contributed by atoms with Gasteiger partial charge in [0.1, 0.15) is 0 Å². The van der Waals surface area contributed by atoms with Gasteiger partial charge >= 0.3 is 0 Å². The van der Waals surface area contributed by atoms with E-state index in [1.807, 2.05) is 0 Å². The Morgan fingerprint density at radius 3 is 2.67 bits per heavy atom. The molecule has 0 amide bonds. The maximum absolute atomic E-state index is 6.05. The van der Waals surface area contributed by atoms with Crippen LogP contribution in [0.15, 0.2) is 24.3 Å². The first-order valence-electron chi connectivity index (χ1n) is 8.50. The molecule has 116 valence electrons. The van der Waals surface area contributed by atoms with Gasteiger partial charge in [0.15, 0.2) is 0 Å². The fraction of sp³-hybridized carbons (Fsp3) is 0.684. The zero-order chi connectivity index (χ0) is 14.9. The minimum atomic E-state index is 0.435. The minimum absolute atomic E-state index is 0.435. The lowest BCUT2D eigenvalue weighted by atomic mass is 9.61. The summed E-state index contributed by atoms with van der Waals surface area (Å²) in [6, 6.07) is 9.21. The molecule has 0 aromatic heterocycles. The summed E-state index contributed by atoms with van der Waals surface area (Å²) < 4.78 is 6.05. The van der Waals surface area contributed by atoms with Crippen molar-refractivity contribution in [2.45, 2.75) is 52.1 Å². The molecule has 2 saturated heterocycles. The quantitative estimate of drug-likeness (QED) is 0.891. The standard InChI is InChI=1S/C19H29NO/c1-14(2)18-12-19(9-11-21-18)8-10-20-13-17(19)16-6-4-15(3)5-7-16/h4-7,14,17-18,20H,8-13H2,1-3H3. The molecule has 2 fully saturated rings. The highest BCUT2D eigenvalue weighted by Crippen LogP contribution is 2.50. The van der Waals surface area contributed by atoms with Gasteiger partial charge in [-0.25, -0.2) is 0 Å². The molecular formula is C19H29NO. The number of hydrogen-bond donors (Lipinski definition) is 1. The monoisotopic (exact) mass is 287 g/mol. The molecule has 0 saturated carbocycles. The first-order valence-corrected chi connectivity index (χ1v) is 8.50.